The van der Waals surface area contributed by atoms with Gasteiger partial charge in [-0.3, -0.25) is 14.1 Å². The van der Waals surface area contributed by atoms with E-state index in [0.717, 1.165) is 0 Å². The van der Waals surface area contributed by atoms with Crippen molar-refractivity contribution < 1.29 is 115 Å². The van der Waals surface area contributed by atoms with Gasteiger partial charge in [0.25, 0.3) is 0 Å². The number of nitrogens with zero attached hydrogens (tertiary/aromatic N) is 1. The van der Waals surface area contributed by atoms with Crippen molar-refractivity contribution in [3.63, 3.8) is 0 Å². The molecule has 4 aliphatic heterocycles. The molecule has 386 valence electrons. The van der Waals surface area contributed by atoms with E-state index in [0.29, 0.717) is 0 Å². The van der Waals surface area contributed by atoms with Crippen LogP contribution in [0.1, 0.15) is 88.5 Å². The number of carboxylic acids is 1. The van der Waals surface area contributed by atoms with Crippen molar-refractivity contribution in [2.75, 3.05) is 28.3 Å². The van der Waals surface area contributed by atoms with Gasteiger partial charge >= 0.3 is 11.9 Å². The summed E-state index contributed by atoms with van der Waals surface area (Å²) in [6.45, 7) is 15.5. The van der Waals surface area contributed by atoms with Crippen LogP contribution in [-0.4, -0.2) is 217 Å². The molecule has 0 aromatic heterocycles. The maximum absolute atomic E-state index is 14.4. The van der Waals surface area contributed by atoms with E-state index in [-0.39, 0.29) is 31.7 Å². The Morgan fingerprint density at radius 3 is 1.89 bits per heavy atom. The van der Waals surface area contributed by atoms with E-state index in [1.807, 2.05) is 0 Å². The maximum atomic E-state index is 14.4. The first kappa shape index (κ1) is 58.6. The third-order valence-electron chi connectivity index (χ3n) is 15.1. The van der Waals surface area contributed by atoms with Crippen LogP contribution >= 0.6 is 0 Å². The lowest BCUT2D eigenvalue weighted by Gasteiger charge is -2.54. The van der Waals surface area contributed by atoms with Crippen LogP contribution in [0.25, 0.3) is 0 Å². The molecule has 4 aliphatic rings. The molecule has 4 rings (SSSR count). The average molecular weight is 977 g/mol. The number of cyclic esters (lactones) is 1. The Bertz CT molecular complexity index is 1640. The van der Waals surface area contributed by atoms with Gasteiger partial charge in [0, 0.05) is 38.4 Å². The van der Waals surface area contributed by atoms with Gasteiger partial charge in [-0.2, -0.15) is 0 Å². The molecule has 0 aromatic carbocycles. The molecular formula is C44H78ClNO20. The highest BCUT2D eigenvalue weighted by Crippen LogP contribution is 2.43. The largest absolute Gasteiger partial charge is 1.00 e. The SMILES string of the molecule is CCC1OC(=O)C(C)C(OC2OC(C)C(O)C(C)(OC)C2O)C(C)C(OC2OC(C)CC([N+](C)(C)C3OC(C(=O)O)C(O)C(O)C3O)C2O)C(C)(OC)CC(C)C(=O)C(C)C(O)C1(C)O.[Cl-]. The molecule has 24 unspecified atom stereocenters. The van der Waals surface area contributed by atoms with E-state index in [1.54, 1.807) is 55.6 Å². The Balaban J connectivity index is 0.0000116. The number of carboxylic acid groups (broad SMARTS) is 1. The molecule has 66 heavy (non-hydrogen) atoms. The number of hydrogen-bond acceptors (Lipinski definition) is 19. The van der Waals surface area contributed by atoms with E-state index < -0.39 is 167 Å². The summed E-state index contributed by atoms with van der Waals surface area (Å²) >= 11 is 0. The van der Waals surface area contributed by atoms with Crippen LogP contribution in [0.3, 0.4) is 0 Å². The van der Waals surface area contributed by atoms with E-state index in [1.165, 1.54) is 41.9 Å². The minimum Gasteiger partial charge on any atom is -1.00 e. The van der Waals surface area contributed by atoms with Crippen molar-refractivity contribution in [2.24, 2.45) is 23.7 Å². The van der Waals surface area contributed by atoms with E-state index >= 15 is 0 Å². The smallest absolute Gasteiger partial charge is 0.335 e. The number of aliphatic hydroxyl groups is 8. The standard InChI is InChI=1S/C44H77NO20.ClH/c1-15-25-43(9,57)33(51)20(4)26(46)18(2)17-42(8,58-13)36(21(5)31(22(6)39(56)62-25)64-41-35(53)44(10,59-14)34(52)23(7)61-41)65-40-27(47)24(16-19(3)60-40)45(11,12)37-30(50)28(48)29(49)32(63-37)38(54)55;/h18-25,27-37,40-41,47-53,57H,15-17H2,1-14H3;1H. The Kier molecular flexibility index (Phi) is 19.6. The molecule has 4 fully saturated rings. The monoisotopic (exact) mass is 975 g/mol. The molecule has 9 N–H and O–H groups in total. The molecule has 24 atom stereocenters. The van der Waals surface area contributed by atoms with Crippen molar-refractivity contribution in [3.8, 4) is 0 Å². The molecule has 21 nitrogen and oxygen atoms in total. The second-order valence-corrected chi connectivity index (χ2v) is 20.1. The Labute approximate surface area is 393 Å². The van der Waals surface area contributed by atoms with Crippen molar-refractivity contribution in [2.45, 2.75) is 210 Å². The quantitative estimate of drug-likeness (QED) is 0.0741. The zero-order valence-electron chi connectivity index (χ0n) is 40.6. The normalized spacial score (nSPS) is 49.3. The van der Waals surface area contributed by atoms with Gasteiger partial charge in [-0.15, -0.1) is 0 Å². The van der Waals surface area contributed by atoms with Crippen molar-refractivity contribution in [1.82, 2.24) is 0 Å². The van der Waals surface area contributed by atoms with Crippen LogP contribution in [0.2, 0.25) is 0 Å². The molecule has 4 heterocycles. The summed E-state index contributed by atoms with van der Waals surface area (Å²) in [5, 5.41) is 100. The lowest BCUT2D eigenvalue weighted by Crippen LogP contribution is -3.00. The van der Waals surface area contributed by atoms with Gasteiger partial charge in [0.1, 0.15) is 53.5 Å². The number of quaternary nitrogens is 1. The number of ether oxygens (including phenoxy) is 8. The summed E-state index contributed by atoms with van der Waals surface area (Å²) in [6, 6.07) is -0.962. The van der Waals surface area contributed by atoms with E-state index in [2.05, 4.69) is 0 Å². The zero-order valence-corrected chi connectivity index (χ0v) is 41.3. The summed E-state index contributed by atoms with van der Waals surface area (Å²) in [4.78, 5) is 40.7. The van der Waals surface area contributed by atoms with Crippen LogP contribution in [0.5, 0.6) is 0 Å². The van der Waals surface area contributed by atoms with Gasteiger partial charge in [0.2, 0.25) is 6.23 Å². The molecule has 0 aromatic rings. The first-order chi connectivity index (χ1) is 29.9. The van der Waals surface area contributed by atoms with Gasteiger partial charge in [0.05, 0.1) is 56.1 Å². The molecule has 0 radical (unpaired) electrons. The predicted molar refractivity (Wildman–Crippen MR) is 225 cm³/mol. The van der Waals surface area contributed by atoms with Gasteiger partial charge in [-0.1, -0.05) is 27.7 Å². The molecule has 4 saturated heterocycles. The Morgan fingerprint density at radius 2 is 1.36 bits per heavy atom. The van der Waals surface area contributed by atoms with Crippen molar-refractivity contribution in [3.05, 3.63) is 0 Å². The number of likely N-dealkylation sites (N-methyl/N-ethyl adjacent to an activating group) is 1. The summed E-state index contributed by atoms with van der Waals surface area (Å²) in [5.41, 5.74) is -5.26. The predicted octanol–water partition coefficient (Wildman–Crippen LogP) is -4.18. The summed E-state index contributed by atoms with van der Waals surface area (Å²) in [6.07, 6.45) is -24.0. The van der Waals surface area contributed by atoms with Crippen molar-refractivity contribution in [1.29, 1.82) is 0 Å². The number of halogens is 1. The summed E-state index contributed by atoms with van der Waals surface area (Å²) in [5.74, 6) is -7.33. The van der Waals surface area contributed by atoms with Crippen LogP contribution < -0.4 is 12.4 Å². The summed E-state index contributed by atoms with van der Waals surface area (Å²) in [7, 11) is 5.77. The highest BCUT2D eigenvalue weighted by Gasteiger charge is 2.60. The molecule has 0 saturated carbocycles. The molecule has 0 aliphatic carbocycles. The fourth-order valence-corrected chi connectivity index (χ4v) is 10.5. The second kappa shape index (κ2) is 22.1. The second-order valence-electron chi connectivity index (χ2n) is 20.1. The van der Waals surface area contributed by atoms with Gasteiger partial charge in [-0.25, -0.2) is 4.79 Å². The first-order valence-electron chi connectivity index (χ1n) is 22.6. The molecule has 0 amide bonds. The number of aliphatic carboxylic acids is 1. The lowest BCUT2D eigenvalue weighted by atomic mass is 9.73. The number of carbonyl (C=O) groups excluding carboxylic acids is 2. The maximum Gasteiger partial charge on any atom is 0.335 e. The number of rotatable bonds is 10. The van der Waals surface area contributed by atoms with Crippen LogP contribution in [0.4, 0.5) is 0 Å². The molecule has 0 bridgehead atoms. The van der Waals surface area contributed by atoms with Gasteiger partial charge < -0.3 is 96.3 Å². The number of esters is 1. The first-order valence-corrected chi connectivity index (χ1v) is 22.6. The number of hydrogen-bond donors (Lipinski definition) is 9. The number of Topliss-reactive ketones (excluding diaryl/α,β-unsaturated/α-hetero) is 1. The highest BCUT2D eigenvalue weighted by atomic mass is 35.5. The fourth-order valence-electron chi connectivity index (χ4n) is 10.5. The number of ketones is 1. The fraction of sp³-hybridized carbons (Fsp3) is 0.932. The third-order valence-corrected chi connectivity index (χ3v) is 15.1. The van der Waals surface area contributed by atoms with E-state index in [4.69, 9.17) is 37.9 Å². The van der Waals surface area contributed by atoms with Crippen LogP contribution in [-0.2, 0) is 52.3 Å². The Hall–Kier alpha value is -1.74. The van der Waals surface area contributed by atoms with E-state index in [9.17, 15) is 60.3 Å². The number of aliphatic hydroxyl groups excluding tert-OH is 7. The number of carbonyl (C=O) groups is 3. The highest BCUT2D eigenvalue weighted by molar-refractivity contribution is 5.83. The van der Waals surface area contributed by atoms with Crippen molar-refractivity contribution >= 4 is 17.7 Å². The van der Waals surface area contributed by atoms with Crippen LogP contribution in [0.15, 0.2) is 0 Å². The average Bonchev–Trinajstić information content (AvgIpc) is 3.25. The Morgan fingerprint density at radius 1 is 0.773 bits per heavy atom. The topological polar surface area (TPSA) is 307 Å². The molecule has 22 heteroatoms. The molecule has 0 spiro atoms. The minimum atomic E-state index is -2.10. The summed E-state index contributed by atoms with van der Waals surface area (Å²) < 4.78 is 48.9. The number of methoxy groups -OCH3 is 2. The van der Waals surface area contributed by atoms with Gasteiger partial charge in [-0.05, 0) is 54.4 Å². The lowest BCUT2D eigenvalue weighted by molar-refractivity contribution is -0.971. The minimum absolute atomic E-state index is 0. The molecular weight excluding hydrogens is 898 g/mol. The zero-order chi connectivity index (χ0) is 49.6. The third kappa shape index (κ3) is 11.1. The van der Waals surface area contributed by atoms with Gasteiger partial charge in [0.15, 0.2) is 30.9 Å². The van der Waals surface area contributed by atoms with Crippen LogP contribution in [0, 0.1) is 23.7 Å².